The number of halogens is 3. The average Bonchev–Trinajstić information content (AvgIpc) is 2.38. The number of benzene rings is 1. The molecule has 2 aromatic rings. The highest BCUT2D eigenvalue weighted by atomic mass is 35.5. The van der Waals surface area contributed by atoms with Crippen molar-refractivity contribution in [3.05, 3.63) is 52.7 Å². The number of hydrogen-bond donors (Lipinski definition) is 1. The Bertz CT molecular complexity index is 593. The van der Waals surface area contributed by atoms with Crippen molar-refractivity contribution in [1.29, 1.82) is 0 Å². The molecule has 1 N–H and O–H groups in total. The van der Waals surface area contributed by atoms with Gasteiger partial charge in [-0.25, -0.2) is 9.37 Å². The Morgan fingerprint density at radius 3 is 2.84 bits per heavy atom. The number of rotatable bonds is 4. The summed E-state index contributed by atoms with van der Waals surface area (Å²) < 4.78 is 31.6. The average molecular weight is 285 g/mol. The van der Waals surface area contributed by atoms with Gasteiger partial charge >= 0.3 is 0 Å². The van der Waals surface area contributed by atoms with Crippen LogP contribution in [0.3, 0.4) is 0 Å². The fraction of sp³-hybridized carbons (Fsp3) is 0.154. The summed E-state index contributed by atoms with van der Waals surface area (Å²) in [6.07, 6.45) is 1.55. The first-order chi connectivity index (χ1) is 9.11. The summed E-state index contributed by atoms with van der Waals surface area (Å²) in [5, 5.41) is 3.18. The predicted molar refractivity (Wildman–Crippen MR) is 68.4 cm³/mol. The highest BCUT2D eigenvalue weighted by Gasteiger charge is 2.12. The molecule has 1 aromatic heterocycles. The van der Waals surface area contributed by atoms with Crippen molar-refractivity contribution < 1.29 is 13.5 Å². The molecule has 0 radical (unpaired) electrons. The molecule has 0 bridgehead atoms. The van der Waals surface area contributed by atoms with Gasteiger partial charge < -0.3 is 10.1 Å². The molecular weight excluding hydrogens is 274 g/mol. The molecule has 19 heavy (non-hydrogen) atoms. The zero-order valence-electron chi connectivity index (χ0n) is 10.1. The van der Waals surface area contributed by atoms with Crippen molar-refractivity contribution in [2.24, 2.45) is 0 Å². The summed E-state index contributed by atoms with van der Waals surface area (Å²) in [7, 11) is 1.79. The van der Waals surface area contributed by atoms with E-state index in [0.29, 0.717) is 6.54 Å². The van der Waals surface area contributed by atoms with Crippen LogP contribution in [0.5, 0.6) is 11.6 Å². The van der Waals surface area contributed by atoms with Gasteiger partial charge in [0.25, 0.3) is 0 Å². The molecule has 0 amide bonds. The van der Waals surface area contributed by atoms with Gasteiger partial charge in [-0.15, -0.1) is 0 Å². The normalized spacial score (nSPS) is 10.5. The molecule has 100 valence electrons. The number of nitrogens with one attached hydrogen (secondary N) is 1. The molecule has 6 heteroatoms. The van der Waals surface area contributed by atoms with Crippen LogP contribution in [0.25, 0.3) is 0 Å². The lowest BCUT2D eigenvalue weighted by atomic mass is 10.3. The zero-order chi connectivity index (χ0) is 13.8. The third-order valence-electron chi connectivity index (χ3n) is 2.37. The second kappa shape index (κ2) is 5.95. The maximum absolute atomic E-state index is 13.4. The van der Waals surface area contributed by atoms with Crippen LogP contribution in [-0.2, 0) is 6.54 Å². The number of pyridine rings is 1. The van der Waals surface area contributed by atoms with E-state index in [1.165, 1.54) is 12.1 Å². The Morgan fingerprint density at radius 2 is 2.16 bits per heavy atom. The van der Waals surface area contributed by atoms with E-state index < -0.39 is 11.6 Å². The molecule has 0 spiro atoms. The predicted octanol–water partition coefficient (Wildman–Crippen LogP) is 3.52. The van der Waals surface area contributed by atoms with Crippen LogP contribution in [0, 0.1) is 11.6 Å². The quantitative estimate of drug-likeness (QED) is 0.933. The molecule has 3 nitrogen and oxygen atoms in total. The van der Waals surface area contributed by atoms with Gasteiger partial charge in [0.05, 0.1) is 0 Å². The summed E-state index contributed by atoms with van der Waals surface area (Å²) in [6, 6.07) is 5.31. The lowest BCUT2D eigenvalue weighted by Gasteiger charge is -2.08. The minimum Gasteiger partial charge on any atom is -0.434 e. The minimum absolute atomic E-state index is 0.0334. The van der Waals surface area contributed by atoms with Crippen LogP contribution >= 0.6 is 11.6 Å². The van der Waals surface area contributed by atoms with Crippen LogP contribution in [0.4, 0.5) is 8.78 Å². The Balaban J connectivity index is 2.26. The molecule has 0 unspecified atom stereocenters. The Labute approximate surface area is 114 Å². The van der Waals surface area contributed by atoms with E-state index in [1.807, 2.05) is 0 Å². The van der Waals surface area contributed by atoms with Crippen LogP contribution in [0.2, 0.25) is 5.02 Å². The molecule has 0 saturated carbocycles. The van der Waals surface area contributed by atoms with E-state index in [1.54, 1.807) is 19.3 Å². The lowest BCUT2D eigenvalue weighted by Crippen LogP contribution is -2.05. The molecule has 0 fully saturated rings. The Hall–Kier alpha value is -1.72. The molecule has 0 aliphatic rings. The molecule has 1 heterocycles. The van der Waals surface area contributed by atoms with Gasteiger partial charge in [-0.1, -0.05) is 17.7 Å². The summed E-state index contributed by atoms with van der Waals surface area (Å²) in [5.74, 6) is -2.28. The summed E-state index contributed by atoms with van der Waals surface area (Å²) >= 11 is 5.98. The monoisotopic (exact) mass is 284 g/mol. The molecule has 0 saturated heterocycles. The summed E-state index contributed by atoms with van der Waals surface area (Å²) in [4.78, 5) is 3.98. The van der Waals surface area contributed by atoms with E-state index in [9.17, 15) is 8.78 Å². The number of ether oxygens (including phenoxy) is 1. The van der Waals surface area contributed by atoms with E-state index in [4.69, 9.17) is 16.3 Å². The number of aromatic nitrogens is 1. The van der Waals surface area contributed by atoms with Crippen molar-refractivity contribution >= 4 is 11.6 Å². The largest absolute Gasteiger partial charge is 0.434 e. The van der Waals surface area contributed by atoms with Crippen molar-refractivity contribution in [2.75, 3.05) is 7.05 Å². The lowest BCUT2D eigenvalue weighted by molar-refractivity contribution is 0.405. The molecular formula is C13H11ClF2N2O. The van der Waals surface area contributed by atoms with Crippen LogP contribution in [0.1, 0.15) is 5.56 Å². The summed E-state index contributed by atoms with van der Waals surface area (Å²) in [6.45, 7) is 0.599. The Kier molecular flexibility index (Phi) is 4.29. The van der Waals surface area contributed by atoms with Crippen molar-refractivity contribution in [1.82, 2.24) is 10.3 Å². The van der Waals surface area contributed by atoms with Crippen LogP contribution < -0.4 is 10.1 Å². The Morgan fingerprint density at radius 1 is 1.37 bits per heavy atom. The SMILES string of the molecule is CNCc1cnc(Oc2cccc(F)c2F)c(Cl)c1. The van der Waals surface area contributed by atoms with Gasteiger partial charge in [-0.05, 0) is 30.8 Å². The van der Waals surface area contributed by atoms with Crippen LogP contribution in [-0.4, -0.2) is 12.0 Å². The highest BCUT2D eigenvalue weighted by Crippen LogP contribution is 2.29. The van der Waals surface area contributed by atoms with E-state index in [-0.39, 0.29) is 16.7 Å². The van der Waals surface area contributed by atoms with Crippen molar-refractivity contribution in [2.45, 2.75) is 6.54 Å². The molecule has 2 rings (SSSR count). The molecule has 1 aromatic carbocycles. The van der Waals surface area contributed by atoms with Crippen LogP contribution in [0.15, 0.2) is 30.5 Å². The number of nitrogens with zero attached hydrogens (tertiary/aromatic N) is 1. The zero-order valence-corrected chi connectivity index (χ0v) is 10.8. The van der Waals surface area contributed by atoms with Crippen molar-refractivity contribution in [3.8, 4) is 11.6 Å². The second-order valence-corrected chi connectivity index (χ2v) is 4.22. The van der Waals surface area contributed by atoms with Gasteiger partial charge in [-0.3, -0.25) is 0 Å². The van der Waals surface area contributed by atoms with Gasteiger partial charge in [0, 0.05) is 12.7 Å². The fourth-order valence-corrected chi connectivity index (χ4v) is 1.74. The topological polar surface area (TPSA) is 34.2 Å². The van der Waals surface area contributed by atoms with E-state index in [2.05, 4.69) is 10.3 Å². The third-order valence-corrected chi connectivity index (χ3v) is 2.64. The summed E-state index contributed by atoms with van der Waals surface area (Å²) in [5.41, 5.74) is 0.861. The first-order valence-electron chi connectivity index (χ1n) is 5.52. The van der Waals surface area contributed by atoms with E-state index in [0.717, 1.165) is 11.6 Å². The fourth-order valence-electron chi connectivity index (χ4n) is 1.51. The highest BCUT2D eigenvalue weighted by molar-refractivity contribution is 6.31. The van der Waals surface area contributed by atoms with Gasteiger partial charge in [0.15, 0.2) is 11.6 Å². The number of hydrogen-bond acceptors (Lipinski definition) is 3. The van der Waals surface area contributed by atoms with E-state index >= 15 is 0 Å². The molecule has 0 atom stereocenters. The van der Waals surface area contributed by atoms with Gasteiger partial charge in [0.2, 0.25) is 11.7 Å². The smallest absolute Gasteiger partial charge is 0.238 e. The second-order valence-electron chi connectivity index (χ2n) is 3.81. The first-order valence-corrected chi connectivity index (χ1v) is 5.90. The maximum atomic E-state index is 13.4. The standard InChI is InChI=1S/C13H11ClF2N2O/c1-17-6-8-5-9(14)13(18-7-8)19-11-4-2-3-10(15)12(11)16/h2-5,7,17H,6H2,1H3. The molecule has 0 aliphatic heterocycles. The van der Waals surface area contributed by atoms with Gasteiger partial charge in [0.1, 0.15) is 5.02 Å². The van der Waals surface area contributed by atoms with Gasteiger partial charge in [-0.2, -0.15) is 4.39 Å². The van der Waals surface area contributed by atoms with Crippen molar-refractivity contribution in [3.63, 3.8) is 0 Å². The first kappa shape index (κ1) is 13.7. The third kappa shape index (κ3) is 3.19. The minimum atomic E-state index is -1.07. The molecule has 0 aliphatic carbocycles. The maximum Gasteiger partial charge on any atom is 0.238 e.